The summed E-state index contributed by atoms with van der Waals surface area (Å²) in [6, 6.07) is 16.7. The summed E-state index contributed by atoms with van der Waals surface area (Å²) in [4.78, 5) is 0. The molecule has 0 saturated carbocycles. The van der Waals surface area contributed by atoms with Gasteiger partial charge in [0.25, 0.3) is 0 Å². The molecule has 18 heavy (non-hydrogen) atoms. The van der Waals surface area contributed by atoms with E-state index in [2.05, 4.69) is 23.5 Å². The van der Waals surface area contributed by atoms with Gasteiger partial charge in [-0.1, -0.05) is 48.5 Å². The van der Waals surface area contributed by atoms with E-state index < -0.39 is 0 Å². The van der Waals surface area contributed by atoms with Gasteiger partial charge in [0, 0.05) is 6.54 Å². The van der Waals surface area contributed by atoms with Gasteiger partial charge in [0.15, 0.2) is 0 Å². The molecule has 0 aliphatic carbocycles. The molecular weight excluding hydrogens is 225 g/mol. The summed E-state index contributed by atoms with van der Waals surface area (Å²) in [5.74, 6) is -0.209. The predicted molar refractivity (Wildman–Crippen MR) is 73.8 cm³/mol. The summed E-state index contributed by atoms with van der Waals surface area (Å²) in [5, 5.41) is 3.10. The predicted octanol–water partition coefficient (Wildman–Crippen LogP) is 3.48. The van der Waals surface area contributed by atoms with E-state index in [1.165, 1.54) is 12.1 Å². The number of nitrogens with one attached hydrogen (secondary N) is 1. The third kappa shape index (κ3) is 3.05. The summed E-state index contributed by atoms with van der Waals surface area (Å²) in [5.41, 5.74) is 3.28. The van der Waals surface area contributed by atoms with Crippen LogP contribution >= 0.6 is 0 Å². The van der Waals surface area contributed by atoms with E-state index >= 15 is 0 Å². The van der Waals surface area contributed by atoms with Gasteiger partial charge in [-0.25, -0.2) is 4.39 Å². The fraction of sp³-hybridized carbons (Fsp3) is 0.125. The highest BCUT2D eigenvalue weighted by atomic mass is 19.1. The zero-order valence-electron chi connectivity index (χ0n) is 10.4. The summed E-state index contributed by atoms with van der Waals surface area (Å²) < 4.78 is 13.0. The van der Waals surface area contributed by atoms with Crippen LogP contribution in [0.5, 0.6) is 0 Å². The van der Waals surface area contributed by atoms with Crippen molar-refractivity contribution in [2.24, 2.45) is 0 Å². The minimum absolute atomic E-state index is 0.209. The van der Waals surface area contributed by atoms with Gasteiger partial charge in [-0.3, -0.25) is 0 Å². The highest BCUT2D eigenvalue weighted by molar-refractivity contribution is 5.79. The van der Waals surface area contributed by atoms with E-state index in [4.69, 9.17) is 0 Å². The Labute approximate surface area is 107 Å². The van der Waals surface area contributed by atoms with Gasteiger partial charge in [0.05, 0.1) is 0 Å². The lowest BCUT2D eigenvalue weighted by Gasteiger charge is -2.08. The van der Waals surface area contributed by atoms with E-state index in [0.717, 1.165) is 23.2 Å². The molecule has 0 radical (unpaired) electrons. The number of hydrogen-bond acceptors (Lipinski definition) is 1. The monoisotopic (exact) mass is 241 g/mol. The summed E-state index contributed by atoms with van der Waals surface area (Å²) in [6.45, 7) is 0.779. The van der Waals surface area contributed by atoms with Crippen LogP contribution in [0.3, 0.4) is 0 Å². The van der Waals surface area contributed by atoms with Crippen molar-refractivity contribution >= 4 is 5.57 Å². The van der Waals surface area contributed by atoms with Crippen LogP contribution in [0.25, 0.3) is 5.57 Å². The van der Waals surface area contributed by atoms with Crippen molar-refractivity contribution in [3.05, 3.63) is 77.6 Å². The molecule has 0 aliphatic heterocycles. The molecule has 0 bridgehead atoms. The molecule has 0 unspecified atom stereocenters. The van der Waals surface area contributed by atoms with Crippen molar-refractivity contribution in [3.8, 4) is 0 Å². The Morgan fingerprint density at radius 2 is 1.61 bits per heavy atom. The first kappa shape index (κ1) is 12.5. The number of likely N-dealkylation sites (N-methyl/N-ethyl adjacent to an activating group) is 1. The highest BCUT2D eigenvalue weighted by Gasteiger charge is 2.04. The molecule has 0 aromatic heterocycles. The minimum atomic E-state index is -0.209. The normalized spacial score (nSPS) is 11.6. The fourth-order valence-corrected chi connectivity index (χ4v) is 1.85. The first-order valence-electron chi connectivity index (χ1n) is 5.97. The van der Waals surface area contributed by atoms with E-state index in [0.29, 0.717) is 0 Å². The smallest absolute Gasteiger partial charge is 0.123 e. The summed E-state index contributed by atoms with van der Waals surface area (Å²) in [7, 11) is 1.91. The summed E-state index contributed by atoms with van der Waals surface area (Å²) in [6.07, 6.45) is 2.11. The molecule has 92 valence electrons. The van der Waals surface area contributed by atoms with Crippen LogP contribution in [0.2, 0.25) is 0 Å². The van der Waals surface area contributed by atoms with Crippen LogP contribution < -0.4 is 5.32 Å². The van der Waals surface area contributed by atoms with Gasteiger partial charge in [-0.05, 0) is 35.9 Å². The molecule has 2 aromatic carbocycles. The van der Waals surface area contributed by atoms with Crippen molar-refractivity contribution in [2.75, 3.05) is 13.6 Å². The summed E-state index contributed by atoms with van der Waals surface area (Å²) >= 11 is 0. The first-order valence-corrected chi connectivity index (χ1v) is 5.97. The van der Waals surface area contributed by atoms with Crippen LogP contribution in [0, 0.1) is 5.82 Å². The van der Waals surface area contributed by atoms with Crippen molar-refractivity contribution in [2.45, 2.75) is 0 Å². The fourth-order valence-electron chi connectivity index (χ4n) is 1.85. The van der Waals surface area contributed by atoms with Crippen LogP contribution in [0.15, 0.2) is 60.7 Å². The number of hydrogen-bond donors (Lipinski definition) is 1. The van der Waals surface area contributed by atoms with Crippen molar-refractivity contribution in [1.29, 1.82) is 0 Å². The molecule has 0 spiro atoms. The molecule has 1 N–H and O–H groups in total. The molecular formula is C16H16FN. The third-order valence-electron chi connectivity index (χ3n) is 2.75. The molecule has 2 heteroatoms. The maximum absolute atomic E-state index is 13.0. The Morgan fingerprint density at radius 1 is 1.00 bits per heavy atom. The Balaban J connectivity index is 2.40. The molecule has 0 fully saturated rings. The molecule has 2 rings (SSSR count). The zero-order valence-corrected chi connectivity index (χ0v) is 10.4. The molecule has 0 saturated heterocycles. The largest absolute Gasteiger partial charge is 0.316 e. The Morgan fingerprint density at radius 3 is 2.22 bits per heavy atom. The van der Waals surface area contributed by atoms with Gasteiger partial charge in [-0.15, -0.1) is 0 Å². The highest BCUT2D eigenvalue weighted by Crippen LogP contribution is 2.23. The van der Waals surface area contributed by atoms with Gasteiger partial charge in [0.1, 0.15) is 5.82 Å². The Kier molecular flexibility index (Phi) is 4.26. The van der Waals surface area contributed by atoms with Gasteiger partial charge in [-0.2, -0.15) is 0 Å². The van der Waals surface area contributed by atoms with E-state index in [-0.39, 0.29) is 5.82 Å². The molecule has 1 nitrogen and oxygen atoms in total. The molecule has 0 heterocycles. The van der Waals surface area contributed by atoms with Crippen LogP contribution in [0.4, 0.5) is 4.39 Å². The van der Waals surface area contributed by atoms with Gasteiger partial charge in [0.2, 0.25) is 0 Å². The van der Waals surface area contributed by atoms with Crippen molar-refractivity contribution in [3.63, 3.8) is 0 Å². The van der Waals surface area contributed by atoms with Crippen LogP contribution in [-0.4, -0.2) is 13.6 Å². The van der Waals surface area contributed by atoms with Gasteiger partial charge < -0.3 is 5.32 Å². The van der Waals surface area contributed by atoms with E-state index in [1.54, 1.807) is 0 Å². The van der Waals surface area contributed by atoms with Crippen LogP contribution in [-0.2, 0) is 0 Å². The first-order chi connectivity index (χ1) is 8.81. The SMILES string of the molecule is CNC/C=C(/c1ccccc1)c1ccc(F)cc1. The van der Waals surface area contributed by atoms with Gasteiger partial charge >= 0.3 is 0 Å². The molecule has 0 amide bonds. The third-order valence-corrected chi connectivity index (χ3v) is 2.75. The molecule has 0 aliphatic rings. The lowest BCUT2D eigenvalue weighted by molar-refractivity contribution is 0.627. The average molecular weight is 241 g/mol. The second kappa shape index (κ2) is 6.12. The van der Waals surface area contributed by atoms with E-state index in [1.807, 2.05) is 37.4 Å². The quantitative estimate of drug-likeness (QED) is 0.864. The Bertz CT molecular complexity index is 515. The molecule has 0 atom stereocenters. The second-order valence-electron chi connectivity index (χ2n) is 4.05. The van der Waals surface area contributed by atoms with E-state index in [9.17, 15) is 4.39 Å². The van der Waals surface area contributed by atoms with Crippen molar-refractivity contribution in [1.82, 2.24) is 5.32 Å². The number of benzene rings is 2. The Hall–Kier alpha value is -1.93. The van der Waals surface area contributed by atoms with Crippen LogP contribution in [0.1, 0.15) is 11.1 Å². The standard InChI is InChI=1S/C16H16FN/c1-18-12-11-16(13-5-3-2-4-6-13)14-7-9-15(17)10-8-14/h2-11,18H,12H2,1H3/b16-11-. The zero-order chi connectivity index (χ0) is 12.8. The average Bonchev–Trinajstić information content (AvgIpc) is 2.42. The number of rotatable bonds is 4. The number of halogens is 1. The maximum atomic E-state index is 13.0. The lowest BCUT2D eigenvalue weighted by Crippen LogP contribution is -2.05. The molecule has 2 aromatic rings. The second-order valence-corrected chi connectivity index (χ2v) is 4.05. The maximum Gasteiger partial charge on any atom is 0.123 e. The minimum Gasteiger partial charge on any atom is -0.316 e. The topological polar surface area (TPSA) is 12.0 Å². The lowest BCUT2D eigenvalue weighted by atomic mass is 9.97. The van der Waals surface area contributed by atoms with Crippen molar-refractivity contribution < 1.29 is 4.39 Å².